The summed E-state index contributed by atoms with van der Waals surface area (Å²) in [5.41, 5.74) is 2.83. The average molecular weight is 400 g/mol. The zero-order chi connectivity index (χ0) is 17.8. The number of aromatic nitrogens is 1. The first-order chi connectivity index (χ1) is 11.9. The Morgan fingerprint density at radius 1 is 1.28 bits per heavy atom. The monoisotopic (exact) mass is 399 g/mol. The van der Waals surface area contributed by atoms with Gasteiger partial charge in [-0.05, 0) is 48.7 Å². The van der Waals surface area contributed by atoms with Crippen molar-refractivity contribution < 1.29 is 9.59 Å². The molecule has 2 heterocycles. The van der Waals surface area contributed by atoms with Crippen LogP contribution < -0.4 is 0 Å². The van der Waals surface area contributed by atoms with Crippen molar-refractivity contribution >= 4 is 27.7 Å². The molecule has 6 heteroatoms. The highest BCUT2D eigenvalue weighted by Crippen LogP contribution is 2.57. The summed E-state index contributed by atoms with van der Waals surface area (Å²) >= 11 is 3.51. The van der Waals surface area contributed by atoms with E-state index < -0.39 is 0 Å². The van der Waals surface area contributed by atoms with E-state index in [-0.39, 0.29) is 17.4 Å². The van der Waals surface area contributed by atoms with E-state index in [1.54, 1.807) is 20.2 Å². The van der Waals surface area contributed by atoms with Crippen LogP contribution in [0.15, 0.2) is 40.9 Å². The highest BCUT2D eigenvalue weighted by atomic mass is 79.9. The topological polar surface area (TPSA) is 53.5 Å². The lowest BCUT2D eigenvalue weighted by Crippen LogP contribution is -2.33. The fraction of sp³-hybridized carbons (Fsp3) is 0.316. The summed E-state index contributed by atoms with van der Waals surface area (Å²) in [6, 6.07) is 11.2. The van der Waals surface area contributed by atoms with Gasteiger partial charge >= 0.3 is 0 Å². The van der Waals surface area contributed by atoms with E-state index in [1.807, 2.05) is 29.2 Å². The van der Waals surface area contributed by atoms with E-state index in [9.17, 15) is 9.59 Å². The lowest BCUT2D eigenvalue weighted by molar-refractivity contribution is 0.0680. The standard InChI is InChI=1S/C19H18BrN3O2/c1-22(2)18(25)16-5-3-4-13(21-16)11-23-17(24)14-7-6-12(20)10-15(14)19(23)8-9-19/h3-7,10H,8-9,11H2,1-2H3. The van der Waals surface area contributed by atoms with Gasteiger partial charge in [0.2, 0.25) is 0 Å². The number of hydrogen-bond acceptors (Lipinski definition) is 3. The minimum Gasteiger partial charge on any atom is -0.343 e. The summed E-state index contributed by atoms with van der Waals surface area (Å²) in [4.78, 5) is 32.9. The number of rotatable bonds is 3. The first-order valence-electron chi connectivity index (χ1n) is 8.22. The Hall–Kier alpha value is -2.21. The third kappa shape index (κ3) is 2.56. The average Bonchev–Trinajstić information content (AvgIpc) is 3.36. The molecule has 5 nitrogen and oxygen atoms in total. The van der Waals surface area contributed by atoms with Gasteiger partial charge in [0.1, 0.15) is 5.69 Å². The molecule has 0 N–H and O–H groups in total. The highest BCUT2D eigenvalue weighted by Gasteiger charge is 2.57. The number of fused-ring (bicyclic) bond motifs is 2. The van der Waals surface area contributed by atoms with E-state index in [1.165, 1.54) is 4.90 Å². The van der Waals surface area contributed by atoms with Crippen LogP contribution in [-0.2, 0) is 12.1 Å². The SMILES string of the molecule is CN(C)C(=O)c1cccc(CN2C(=O)c3ccc(Br)cc3C23CC3)n1. The fourth-order valence-corrected chi connectivity index (χ4v) is 3.89. The molecular weight excluding hydrogens is 382 g/mol. The molecule has 1 aliphatic heterocycles. The number of carbonyl (C=O) groups is 2. The maximum atomic E-state index is 12.9. The largest absolute Gasteiger partial charge is 0.343 e. The minimum absolute atomic E-state index is 0.0474. The molecule has 2 aliphatic rings. The van der Waals surface area contributed by atoms with Crippen LogP contribution in [0.3, 0.4) is 0 Å². The molecule has 25 heavy (non-hydrogen) atoms. The maximum absolute atomic E-state index is 12.9. The van der Waals surface area contributed by atoms with Gasteiger partial charge in [0.25, 0.3) is 11.8 Å². The second-order valence-electron chi connectivity index (χ2n) is 6.83. The van der Waals surface area contributed by atoms with Crippen LogP contribution in [0.1, 0.15) is 44.9 Å². The number of benzene rings is 1. The Morgan fingerprint density at radius 2 is 2.04 bits per heavy atom. The number of carbonyl (C=O) groups excluding carboxylic acids is 2. The van der Waals surface area contributed by atoms with Gasteiger partial charge in [-0.3, -0.25) is 9.59 Å². The van der Waals surface area contributed by atoms with Crippen molar-refractivity contribution in [2.24, 2.45) is 0 Å². The molecule has 0 unspecified atom stereocenters. The van der Waals surface area contributed by atoms with Gasteiger partial charge in [0.05, 0.1) is 17.8 Å². The predicted molar refractivity (Wildman–Crippen MR) is 97.2 cm³/mol. The quantitative estimate of drug-likeness (QED) is 0.795. The first kappa shape index (κ1) is 16.3. The van der Waals surface area contributed by atoms with Crippen molar-refractivity contribution in [3.05, 3.63) is 63.4 Å². The summed E-state index contributed by atoms with van der Waals surface area (Å²) in [7, 11) is 3.41. The van der Waals surface area contributed by atoms with Crippen LogP contribution in [0, 0.1) is 0 Å². The molecule has 0 radical (unpaired) electrons. The number of pyridine rings is 1. The first-order valence-corrected chi connectivity index (χ1v) is 9.01. The molecule has 1 spiro atoms. The van der Waals surface area contributed by atoms with Crippen LogP contribution in [0.4, 0.5) is 0 Å². The molecule has 0 saturated heterocycles. The van der Waals surface area contributed by atoms with Gasteiger partial charge in [-0.2, -0.15) is 0 Å². The predicted octanol–water partition coefficient (Wildman–Crippen LogP) is 3.19. The van der Waals surface area contributed by atoms with Gasteiger partial charge in [0.15, 0.2) is 0 Å². The summed E-state index contributed by atoms with van der Waals surface area (Å²) in [5, 5.41) is 0. The molecule has 1 aromatic carbocycles. The van der Waals surface area contributed by atoms with Gasteiger partial charge in [-0.25, -0.2) is 4.98 Å². The van der Waals surface area contributed by atoms with Crippen LogP contribution in [0.2, 0.25) is 0 Å². The normalized spacial score (nSPS) is 16.9. The van der Waals surface area contributed by atoms with Gasteiger partial charge in [-0.15, -0.1) is 0 Å². The number of nitrogens with zero attached hydrogens (tertiary/aromatic N) is 3. The molecule has 2 aromatic rings. The van der Waals surface area contributed by atoms with E-state index in [4.69, 9.17) is 0 Å². The minimum atomic E-state index is -0.195. The number of amides is 2. The van der Waals surface area contributed by atoms with Crippen molar-refractivity contribution in [3.8, 4) is 0 Å². The van der Waals surface area contributed by atoms with E-state index >= 15 is 0 Å². The summed E-state index contributed by atoms with van der Waals surface area (Å²) in [6.07, 6.45) is 1.94. The summed E-state index contributed by atoms with van der Waals surface area (Å²) < 4.78 is 0.990. The third-order valence-electron chi connectivity index (χ3n) is 4.95. The van der Waals surface area contributed by atoms with Gasteiger partial charge in [-0.1, -0.05) is 22.0 Å². The summed E-state index contributed by atoms with van der Waals surface area (Å²) in [6.45, 7) is 0.416. The molecular formula is C19H18BrN3O2. The Kier molecular flexibility index (Phi) is 3.68. The lowest BCUT2D eigenvalue weighted by Gasteiger charge is -2.25. The van der Waals surface area contributed by atoms with Gasteiger partial charge < -0.3 is 9.80 Å². The maximum Gasteiger partial charge on any atom is 0.271 e. The second kappa shape index (κ2) is 5.66. The Morgan fingerprint density at radius 3 is 2.72 bits per heavy atom. The molecule has 2 amide bonds. The van der Waals surface area contributed by atoms with Crippen molar-refractivity contribution in [2.75, 3.05) is 14.1 Å². The van der Waals surface area contributed by atoms with Crippen molar-refractivity contribution in [1.82, 2.24) is 14.8 Å². The molecule has 1 saturated carbocycles. The van der Waals surface area contributed by atoms with Crippen molar-refractivity contribution in [1.29, 1.82) is 0 Å². The zero-order valence-electron chi connectivity index (χ0n) is 14.1. The molecule has 0 bridgehead atoms. The van der Waals surface area contributed by atoms with Crippen LogP contribution in [0.5, 0.6) is 0 Å². The number of halogens is 1. The molecule has 1 aromatic heterocycles. The van der Waals surface area contributed by atoms with Crippen molar-refractivity contribution in [2.45, 2.75) is 24.9 Å². The van der Waals surface area contributed by atoms with E-state index in [2.05, 4.69) is 27.0 Å². The molecule has 4 rings (SSSR count). The van der Waals surface area contributed by atoms with Crippen LogP contribution in [-0.4, -0.2) is 40.7 Å². The lowest BCUT2D eigenvalue weighted by atomic mass is 10.0. The smallest absolute Gasteiger partial charge is 0.271 e. The molecule has 1 fully saturated rings. The van der Waals surface area contributed by atoms with Crippen LogP contribution >= 0.6 is 15.9 Å². The Labute approximate surface area is 154 Å². The summed E-state index contributed by atoms with van der Waals surface area (Å²) in [5.74, 6) is -0.0888. The third-order valence-corrected chi connectivity index (χ3v) is 5.44. The van der Waals surface area contributed by atoms with E-state index in [0.29, 0.717) is 12.2 Å². The van der Waals surface area contributed by atoms with Crippen LogP contribution in [0.25, 0.3) is 0 Å². The highest BCUT2D eigenvalue weighted by molar-refractivity contribution is 9.10. The fourth-order valence-electron chi connectivity index (χ4n) is 3.53. The second-order valence-corrected chi connectivity index (χ2v) is 7.74. The van der Waals surface area contributed by atoms with Gasteiger partial charge in [0, 0.05) is 24.1 Å². The molecule has 1 aliphatic carbocycles. The zero-order valence-corrected chi connectivity index (χ0v) is 15.7. The molecule has 128 valence electrons. The number of hydrogen-bond donors (Lipinski definition) is 0. The Bertz CT molecular complexity index is 890. The molecule has 0 atom stereocenters. The van der Waals surface area contributed by atoms with E-state index in [0.717, 1.165) is 34.1 Å². The Balaban J connectivity index is 1.66. The van der Waals surface area contributed by atoms with Crippen molar-refractivity contribution in [3.63, 3.8) is 0 Å².